The number of carbonyl (C=O) groups excluding carboxylic acids is 2. The van der Waals surface area contributed by atoms with Crippen molar-refractivity contribution in [3.05, 3.63) is 23.8 Å². The predicted octanol–water partition coefficient (Wildman–Crippen LogP) is 3.06. The molecule has 25 heavy (non-hydrogen) atoms. The van der Waals surface area contributed by atoms with Crippen LogP contribution in [0.15, 0.2) is 18.2 Å². The summed E-state index contributed by atoms with van der Waals surface area (Å²) in [5, 5.41) is 3.27. The first kappa shape index (κ1) is 20.8. The highest BCUT2D eigenvalue weighted by Gasteiger charge is 2.13. The van der Waals surface area contributed by atoms with Gasteiger partial charge >= 0.3 is 5.97 Å². The van der Waals surface area contributed by atoms with E-state index in [0.717, 1.165) is 23.4 Å². The number of rotatable bonds is 10. The number of methoxy groups -OCH3 is 1. The molecular weight excluding hydrogens is 320 g/mol. The summed E-state index contributed by atoms with van der Waals surface area (Å²) in [5.41, 5.74) is 1.77. The lowest BCUT2D eigenvalue weighted by molar-refractivity contribution is -0.140. The van der Waals surface area contributed by atoms with Crippen molar-refractivity contribution in [2.45, 2.75) is 40.2 Å². The van der Waals surface area contributed by atoms with E-state index in [1.54, 1.807) is 11.9 Å². The average Bonchev–Trinajstić information content (AvgIpc) is 2.56. The minimum atomic E-state index is -0.270. The third-order valence-corrected chi connectivity index (χ3v) is 3.87. The Bertz CT molecular complexity index is 573. The van der Waals surface area contributed by atoms with E-state index in [9.17, 15) is 9.59 Å². The monoisotopic (exact) mass is 350 g/mol. The molecule has 0 heterocycles. The van der Waals surface area contributed by atoms with Crippen LogP contribution in [0.2, 0.25) is 0 Å². The van der Waals surface area contributed by atoms with Crippen molar-refractivity contribution in [2.75, 3.05) is 32.6 Å². The summed E-state index contributed by atoms with van der Waals surface area (Å²) in [6.45, 7) is 7.36. The van der Waals surface area contributed by atoms with Crippen LogP contribution in [0, 0.1) is 5.92 Å². The van der Waals surface area contributed by atoms with E-state index in [0.29, 0.717) is 25.6 Å². The second-order valence-electron chi connectivity index (χ2n) is 6.45. The lowest BCUT2D eigenvalue weighted by atomic mass is 10.1. The number of nitrogens with one attached hydrogen (secondary N) is 1. The minimum Gasteiger partial charge on any atom is -0.491 e. The minimum absolute atomic E-state index is 0.00774. The lowest BCUT2D eigenvalue weighted by Crippen LogP contribution is -2.24. The van der Waals surface area contributed by atoms with Crippen LogP contribution in [0.1, 0.15) is 39.2 Å². The first-order chi connectivity index (χ1) is 11.8. The van der Waals surface area contributed by atoms with Crippen LogP contribution in [0.5, 0.6) is 5.75 Å². The summed E-state index contributed by atoms with van der Waals surface area (Å²) in [5.74, 6) is 1.02. The van der Waals surface area contributed by atoms with Gasteiger partial charge in [0.05, 0.1) is 25.8 Å². The molecule has 140 valence electrons. The van der Waals surface area contributed by atoms with Gasteiger partial charge in [-0.25, -0.2) is 0 Å². The van der Waals surface area contributed by atoms with Crippen LogP contribution < -0.4 is 10.1 Å². The van der Waals surface area contributed by atoms with Crippen LogP contribution in [0.4, 0.5) is 5.69 Å². The van der Waals surface area contributed by atoms with Gasteiger partial charge in [-0.1, -0.05) is 26.0 Å². The molecule has 1 rings (SSSR count). The fourth-order valence-electron chi connectivity index (χ4n) is 2.19. The molecule has 0 atom stereocenters. The van der Waals surface area contributed by atoms with Gasteiger partial charge < -0.3 is 19.7 Å². The molecule has 1 aromatic rings. The van der Waals surface area contributed by atoms with Gasteiger partial charge in [0.25, 0.3) is 0 Å². The molecular formula is C19H30N2O4. The summed E-state index contributed by atoms with van der Waals surface area (Å²) >= 11 is 0. The highest BCUT2D eigenvalue weighted by Crippen LogP contribution is 2.30. The van der Waals surface area contributed by atoms with Crippen molar-refractivity contribution in [3.63, 3.8) is 0 Å². The summed E-state index contributed by atoms with van der Waals surface area (Å²) in [4.78, 5) is 24.5. The highest BCUT2D eigenvalue weighted by atomic mass is 16.5. The van der Waals surface area contributed by atoms with Crippen molar-refractivity contribution in [1.29, 1.82) is 0 Å². The number of carbonyl (C=O) groups is 2. The Kier molecular flexibility index (Phi) is 8.81. The first-order valence-corrected chi connectivity index (χ1v) is 8.62. The number of amides is 1. The lowest BCUT2D eigenvalue weighted by Gasteiger charge is -2.21. The van der Waals surface area contributed by atoms with Gasteiger partial charge in [-0.2, -0.15) is 0 Å². The van der Waals surface area contributed by atoms with Crippen LogP contribution >= 0.6 is 0 Å². The van der Waals surface area contributed by atoms with Crippen molar-refractivity contribution >= 4 is 17.6 Å². The number of benzene rings is 1. The molecule has 0 aliphatic rings. The maximum atomic E-state index is 11.5. The Morgan fingerprint density at radius 1 is 1.28 bits per heavy atom. The van der Waals surface area contributed by atoms with Gasteiger partial charge in [0, 0.05) is 27.1 Å². The molecule has 0 spiro atoms. The fourth-order valence-corrected chi connectivity index (χ4v) is 2.19. The molecule has 1 aromatic carbocycles. The van der Waals surface area contributed by atoms with Crippen molar-refractivity contribution < 1.29 is 19.1 Å². The summed E-state index contributed by atoms with van der Waals surface area (Å²) in [7, 11) is 3.13. The molecule has 0 fully saturated rings. The molecule has 1 amide bonds. The van der Waals surface area contributed by atoms with E-state index in [1.807, 2.05) is 18.2 Å². The number of hydrogen-bond donors (Lipinski definition) is 1. The third-order valence-electron chi connectivity index (χ3n) is 3.87. The fraction of sp³-hybridized carbons (Fsp3) is 0.579. The second kappa shape index (κ2) is 10.6. The molecule has 0 radical (unpaired) electrons. The molecule has 0 aliphatic heterocycles. The smallest absolute Gasteiger partial charge is 0.307 e. The molecule has 0 saturated heterocycles. The number of nitrogens with zero attached hydrogens (tertiary/aromatic N) is 1. The average molecular weight is 350 g/mol. The number of hydrogen-bond acceptors (Lipinski definition) is 5. The second-order valence-corrected chi connectivity index (χ2v) is 6.45. The van der Waals surface area contributed by atoms with E-state index in [1.165, 1.54) is 14.0 Å². The van der Waals surface area contributed by atoms with E-state index in [2.05, 4.69) is 23.9 Å². The van der Waals surface area contributed by atoms with Crippen molar-refractivity contribution in [3.8, 4) is 5.75 Å². The number of anilines is 1. The molecule has 0 aliphatic carbocycles. The predicted molar refractivity (Wildman–Crippen MR) is 98.7 cm³/mol. The molecule has 0 bridgehead atoms. The number of esters is 1. The van der Waals surface area contributed by atoms with E-state index < -0.39 is 0 Å². The summed E-state index contributed by atoms with van der Waals surface area (Å²) in [6.07, 6.45) is 1.22. The Balaban J connectivity index is 2.92. The van der Waals surface area contributed by atoms with Crippen LogP contribution in [0.3, 0.4) is 0 Å². The number of ether oxygens (including phenoxy) is 2. The normalized spacial score (nSPS) is 10.5. The SMILES string of the molecule is COC(=O)CCNc1c(CN(C)C(C)=O)cccc1OCCC(C)C. The van der Waals surface area contributed by atoms with Crippen LogP contribution in [-0.2, 0) is 20.9 Å². The molecule has 0 saturated carbocycles. The maximum Gasteiger partial charge on any atom is 0.307 e. The van der Waals surface area contributed by atoms with Crippen molar-refractivity contribution in [2.24, 2.45) is 5.92 Å². The molecule has 6 nitrogen and oxygen atoms in total. The molecule has 1 N–H and O–H groups in total. The van der Waals surface area contributed by atoms with Crippen molar-refractivity contribution in [1.82, 2.24) is 4.90 Å². The van der Waals surface area contributed by atoms with E-state index in [-0.39, 0.29) is 18.3 Å². The zero-order valence-electron chi connectivity index (χ0n) is 15.9. The van der Waals surface area contributed by atoms with Gasteiger partial charge in [0.15, 0.2) is 0 Å². The molecule has 6 heteroatoms. The van der Waals surface area contributed by atoms with E-state index in [4.69, 9.17) is 4.74 Å². The standard InChI is InChI=1S/C19H30N2O4/c1-14(2)10-12-25-17-8-6-7-16(13-21(4)15(3)22)19(17)20-11-9-18(23)24-5/h6-8,14,20H,9-13H2,1-5H3. The summed E-state index contributed by atoms with van der Waals surface area (Å²) < 4.78 is 10.6. The molecule has 0 unspecified atom stereocenters. The molecule has 0 aromatic heterocycles. The topological polar surface area (TPSA) is 67.9 Å². The Morgan fingerprint density at radius 2 is 2.00 bits per heavy atom. The van der Waals surface area contributed by atoms with Gasteiger partial charge in [-0.05, 0) is 24.0 Å². The Hall–Kier alpha value is -2.24. The van der Waals surface area contributed by atoms with Gasteiger partial charge in [-0.3, -0.25) is 9.59 Å². The zero-order valence-corrected chi connectivity index (χ0v) is 15.9. The highest BCUT2D eigenvalue weighted by molar-refractivity contribution is 5.74. The van der Waals surface area contributed by atoms with E-state index >= 15 is 0 Å². The third kappa shape index (κ3) is 7.45. The summed E-state index contributed by atoms with van der Waals surface area (Å²) in [6, 6.07) is 5.77. The first-order valence-electron chi connectivity index (χ1n) is 8.62. The number of para-hydroxylation sites is 1. The van der Waals surface area contributed by atoms with Gasteiger partial charge in [0.1, 0.15) is 5.75 Å². The Labute approximate surface area is 150 Å². The largest absolute Gasteiger partial charge is 0.491 e. The van der Waals surface area contributed by atoms with Gasteiger partial charge in [0.2, 0.25) is 5.91 Å². The van der Waals surface area contributed by atoms with Gasteiger partial charge in [-0.15, -0.1) is 0 Å². The quantitative estimate of drug-likeness (QED) is 0.657. The zero-order chi connectivity index (χ0) is 18.8. The van der Waals surface area contributed by atoms with Crippen LogP contribution in [-0.4, -0.2) is 44.1 Å². The van der Waals surface area contributed by atoms with Crippen LogP contribution in [0.25, 0.3) is 0 Å². The Morgan fingerprint density at radius 3 is 2.60 bits per heavy atom. The maximum absolute atomic E-state index is 11.5.